The molecule has 0 unspecified atom stereocenters. The fraction of sp³-hybridized carbons (Fsp3) is 0.714. The number of nitrogens with one attached hydrogen (secondary N) is 1. The molecular weight excluding hydrogens is 292 g/mol. The molecule has 8 heteroatoms. The van der Waals surface area contributed by atoms with Crippen LogP contribution in [0.15, 0.2) is 17.4 Å². The van der Waals surface area contributed by atoms with Gasteiger partial charge in [0.1, 0.15) is 5.82 Å². The summed E-state index contributed by atoms with van der Waals surface area (Å²) in [4.78, 5) is 9.97. The zero-order valence-corrected chi connectivity index (χ0v) is 13.0. The van der Waals surface area contributed by atoms with Crippen LogP contribution in [0, 0.1) is 5.92 Å². The summed E-state index contributed by atoms with van der Waals surface area (Å²) in [6.07, 6.45) is 5.17. The minimum absolute atomic E-state index is 0.192. The molecule has 1 aliphatic carbocycles. The van der Waals surface area contributed by atoms with E-state index in [0.717, 1.165) is 17.1 Å². The molecule has 0 atom stereocenters. The molecule has 0 spiro atoms. The van der Waals surface area contributed by atoms with Gasteiger partial charge in [0.25, 0.3) is 0 Å². The molecular formula is C14H23F2N5O. The van der Waals surface area contributed by atoms with Crippen LogP contribution in [0.3, 0.4) is 0 Å². The summed E-state index contributed by atoms with van der Waals surface area (Å²) in [7, 11) is 3.54. The molecule has 124 valence electrons. The highest BCUT2D eigenvalue weighted by Crippen LogP contribution is 2.28. The Hall–Kier alpha value is -1.70. The first kappa shape index (κ1) is 16.7. The smallest absolute Gasteiger partial charge is 0.319 e. The van der Waals surface area contributed by atoms with Gasteiger partial charge in [-0.1, -0.05) is 0 Å². The fourth-order valence-corrected chi connectivity index (χ4v) is 2.04. The monoisotopic (exact) mass is 315 g/mol. The Labute approximate surface area is 129 Å². The maximum absolute atomic E-state index is 12.7. The van der Waals surface area contributed by atoms with Crippen LogP contribution in [0.4, 0.5) is 8.78 Å². The average molecular weight is 315 g/mol. The molecule has 0 aromatic carbocycles. The molecule has 22 heavy (non-hydrogen) atoms. The van der Waals surface area contributed by atoms with Gasteiger partial charge >= 0.3 is 6.55 Å². The second-order valence-corrected chi connectivity index (χ2v) is 5.37. The minimum Gasteiger partial charge on any atom is -0.379 e. The molecule has 6 nitrogen and oxygen atoms in total. The number of rotatable bonds is 8. The quantitative estimate of drug-likeness (QED) is 0.451. The summed E-state index contributed by atoms with van der Waals surface area (Å²) in [6, 6.07) is 0. The maximum atomic E-state index is 12.7. The lowest BCUT2D eigenvalue weighted by Crippen LogP contribution is -2.40. The Bertz CT molecular complexity index is 487. The first-order valence-corrected chi connectivity index (χ1v) is 7.41. The number of alkyl halides is 2. The highest BCUT2D eigenvalue weighted by atomic mass is 19.3. The van der Waals surface area contributed by atoms with E-state index in [1.165, 1.54) is 25.2 Å². The van der Waals surface area contributed by atoms with E-state index >= 15 is 0 Å². The van der Waals surface area contributed by atoms with Crippen molar-refractivity contribution in [3.8, 4) is 0 Å². The second-order valence-electron chi connectivity index (χ2n) is 5.37. The summed E-state index contributed by atoms with van der Waals surface area (Å²) in [6.45, 7) is -0.257. The van der Waals surface area contributed by atoms with Gasteiger partial charge in [0.15, 0.2) is 5.96 Å². The first-order valence-electron chi connectivity index (χ1n) is 7.41. The molecule has 0 saturated heterocycles. The van der Waals surface area contributed by atoms with Crippen LogP contribution < -0.4 is 5.32 Å². The Morgan fingerprint density at radius 2 is 2.36 bits per heavy atom. The molecule has 0 radical (unpaired) electrons. The summed E-state index contributed by atoms with van der Waals surface area (Å²) in [5.74, 6) is 1.64. The molecule has 1 fully saturated rings. The van der Waals surface area contributed by atoms with E-state index in [4.69, 9.17) is 4.74 Å². The summed E-state index contributed by atoms with van der Waals surface area (Å²) in [5, 5.41) is 3.03. The summed E-state index contributed by atoms with van der Waals surface area (Å²) in [5.41, 5.74) is 0. The van der Waals surface area contributed by atoms with Gasteiger partial charge in [-0.3, -0.25) is 9.56 Å². The first-order chi connectivity index (χ1) is 10.6. The van der Waals surface area contributed by atoms with Crippen LogP contribution in [0.5, 0.6) is 0 Å². The van der Waals surface area contributed by atoms with Gasteiger partial charge < -0.3 is 15.0 Å². The number of hydrogen-bond acceptors (Lipinski definition) is 3. The molecule has 1 aliphatic rings. The number of aliphatic imine (C=N–C) groups is 1. The van der Waals surface area contributed by atoms with Gasteiger partial charge in [0, 0.05) is 39.6 Å². The fourth-order valence-electron chi connectivity index (χ4n) is 2.04. The molecule has 0 aliphatic heterocycles. The van der Waals surface area contributed by atoms with Crippen molar-refractivity contribution in [2.75, 3.05) is 33.9 Å². The number of guanidine groups is 1. The number of imidazole rings is 1. The molecule has 1 aromatic rings. The van der Waals surface area contributed by atoms with Crippen molar-refractivity contribution in [2.24, 2.45) is 10.9 Å². The Morgan fingerprint density at radius 1 is 1.59 bits per heavy atom. The van der Waals surface area contributed by atoms with Gasteiger partial charge in [-0.2, -0.15) is 8.78 Å². The van der Waals surface area contributed by atoms with E-state index in [0.29, 0.717) is 19.1 Å². The number of halogens is 2. The molecule has 2 rings (SSSR count). The van der Waals surface area contributed by atoms with Gasteiger partial charge in [-0.25, -0.2) is 4.98 Å². The van der Waals surface area contributed by atoms with E-state index in [-0.39, 0.29) is 12.4 Å². The van der Waals surface area contributed by atoms with Gasteiger partial charge in [-0.15, -0.1) is 0 Å². The zero-order valence-electron chi connectivity index (χ0n) is 13.0. The van der Waals surface area contributed by atoms with Crippen molar-refractivity contribution in [3.63, 3.8) is 0 Å². The van der Waals surface area contributed by atoms with E-state index in [1.54, 1.807) is 7.05 Å². The van der Waals surface area contributed by atoms with Crippen molar-refractivity contribution >= 4 is 5.96 Å². The third-order valence-corrected chi connectivity index (χ3v) is 3.56. The van der Waals surface area contributed by atoms with Crippen LogP contribution >= 0.6 is 0 Å². The van der Waals surface area contributed by atoms with Gasteiger partial charge in [-0.05, 0) is 18.8 Å². The number of nitrogens with zero attached hydrogens (tertiary/aromatic N) is 4. The van der Waals surface area contributed by atoms with Crippen LogP contribution in [-0.4, -0.2) is 54.3 Å². The topological polar surface area (TPSA) is 54.7 Å². The molecule has 0 bridgehead atoms. The Morgan fingerprint density at radius 3 is 3.00 bits per heavy atom. The predicted molar refractivity (Wildman–Crippen MR) is 79.9 cm³/mol. The lowest BCUT2D eigenvalue weighted by Gasteiger charge is -2.22. The highest BCUT2D eigenvalue weighted by Gasteiger charge is 2.21. The SMILES string of the molecule is CN=C(NCc1nccn1C(F)F)N(C)CCOCC1CC1. The normalized spacial score (nSPS) is 15.4. The predicted octanol–water partition coefficient (Wildman–Crippen LogP) is 1.71. The van der Waals surface area contributed by atoms with Crippen molar-refractivity contribution in [2.45, 2.75) is 25.9 Å². The number of hydrogen-bond donors (Lipinski definition) is 1. The molecule has 0 amide bonds. The van der Waals surface area contributed by atoms with Crippen LogP contribution in [0.1, 0.15) is 25.2 Å². The van der Waals surface area contributed by atoms with Crippen molar-refractivity contribution in [1.82, 2.24) is 19.8 Å². The number of ether oxygens (including phenoxy) is 1. The minimum atomic E-state index is -2.59. The Balaban J connectivity index is 1.74. The molecule has 1 aromatic heterocycles. The third-order valence-electron chi connectivity index (χ3n) is 3.56. The third kappa shape index (κ3) is 4.94. The van der Waals surface area contributed by atoms with Crippen molar-refractivity contribution in [3.05, 3.63) is 18.2 Å². The average Bonchev–Trinajstić information content (AvgIpc) is 3.19. The molecule has 1 N–H and O–H groups in total. The van der Waals surface area contributed by atoms with E-state index < -0.39 is 6.55 Å². The Kier molecular flexibility index (Phi) is 6.11. The largest absolute Gasteiger partial charge is 0.379 e. The van der Waals surface area contributed by atoms with E-state index in [1.807, 2.05) is 11.9 Å². The van der Waals surface area contributed by atoms with Crippen molar-refractivity contribution in [1.29, 1.82) is 0 Å². The zero-order chi connectivity index (χ0) is 15.9. The summed E-state index contributed by atoms with van der Waals surface area (Å²) < 4.78 is 31.9. The van der Waals surface area contributed by atoms with Crippen LogP contribution in [0.2, 0.25) is 0 Å². The van der Waals surface area contributed by atoms with Crippen molar-refractivity contribution < 1.29 is 13.5 Å². The van der Waals surface area contributed by atoms with Gasteiger partial charge in [0.2, 0.25) is 0 Å². The van der Waals surface area contributed by atoms with Gasteiger partial charge in [0.05, 0.1) is 13.2 Å². The lowest BCUT2D eigenvalue weighted by atomic mass is 10.5. The second kappa shape index (κ2) is 8.07. The van der Waals surface area contributed by atoms with E-state index in [9.17, 15) is 8.78 Å². The summed E-state index contributed by atoms with van der Waals surface area (Å²) >= 11 is 0. The van der Waals surface area contributed by atoms with Crippen LogP contribution in [-0.2, 0) is 11.3 Å². The number of aromatic nitrogens is 2. The molecule has 1 saturated carbocycles. The lowest BCUT2D eigenvalue weighted by molar-refractivity contribution is 0.0668. The highest BCUT2D eigenvalue weighted by molar-refractivity contribution is 5.79. The van der Waals surface area contributed by atoms with E-state index in [2.05, 4.69) is 15.3 Å². The maximum Gasteiger partial charge on any atom is 0.319 e. The molecule has 1 heterocycles. The standard InChI is InChI=1S/C14H23F2N5O/c1-17-14(20(2)7-8-22-10-11-3-4-11)19-9-12-18-5-6-21(12)13(15)16/h5-6,11,13H,3-4,7-10H2,1-2H3,(H,17,19). The van der Waals surface area contributed by atoms with Crippen LogP contribution in [0.25, 0.3) is 0 Å². The number of likely N-dealkylation sites (N-methyl/N-ethyl adjacent to an activating group) is 1.